The fourth-order valence-corrected chi connectivity index (χ4v) is 3.09. The largest absolute Gasteiger partial charge is 0.488 e. The Bertz CT molecular complexity index is 1100. The lowest BCUT2D eigenvalue weighted by Gasteiger charge is -2.16. The molecule has 3 aromatic rings. The predicted octanol–water partition coefficient (Wildman–Crippen LogP) is 3.88. The van der Waals surface area contributed by atoms with Crippen LogP contribution in [0.5, 0.6) is 5.75 Å². The summed E-state index contributed by atoms with van der Waals surface area (Å²) in [6.45, 7) is 0.989. The van der Waals surface area contributed by atoms with Crippen LogP contribution >= 0.6 is 0 Å². The number of nitrogens with one attached hydrogen (secondary N) is 1. The summed E-state index contributed by atoms with van der Waals surface area (Å²) in [4.78, 5) is 36.8. The van der Waals surface area contributed by atoms with Crippen LogP contribution in [0.3, 0.4) is 0 Å². The molecule has 0 saturated carbocycles. The molecule has 7 heteroatoms. The fraction of sp³-hybridized carbons (Fsp3) is 0.192. The van der Waals surface area contributed by atoms with Gasteiger partial charge in [0, 0.05) is 0 Å². The van der Waals surface area contributed by atoms with E-state index < -0.39 is 24.5 Å². The van der Waals surface area contributed by atoms with Gasteiger partial charge in [-0.15, -0.1) is 0 Å². The molecule has 33 heavy (non-hydrogen) atoms. The second-order valence-electron chi connectivity index (χ2n) is 7.41. The van der Waals surface area contributed by atoms with Crippen LogP contribution in [0.25, 0.3) is 0 Å². The number of halogens is 1. The van der Waals surface area contributed by atoms with Crippen molar-refractivity contribution in [3.63, 3.8) is 0 Å². The second-order valence-corrected chi connectivity index (χ2v) is 7.41. The Hall–Kier alpha value is -4.00. The summed E-state index contributed by atoms with van der Waals surface area (Å²) < 4.78 is 23.9. The van der Waals surface area contributed by atoms with Gasteiger partial charge in [-0.1, -0.05) is 54.6 Å². The van der Waals surface area contributed by atoms with Crippen molar-refractivity contribution in [1.82, 2.24) is 5.32 Å². The molecule has 1 unspecified atom stereocenters. The number of benzene rings is 3. The van der Waals surface area contributed by atoms with Crippen LogP contribution in [0.1, 0.15) is 28.4 Å². The van der Waals surface area contributed by atoms with E-state index in [0.29, 0.717) is 6.42 Å². The molecule has 0 bridgehead atoms. The normalized spacial score (nSPS) is 11.3. The number of ether oxygens (including phenoxy) is 2. The lowest BCUT2D eigenvalue weighted by molar-refractivity contribution is -0.128. The topological polar surface area (TPSA) is 81.7 Å². The minimum Gasteiger partial charge on any atom is -0.488 e. The van der Waals surface area contributed by atoms with E-state index in [1.54, 1.807) is 30.3 Å². The number of ketones is 1. The Morgan fingerprint density at radius 1 is 0.879 bits per heavy atom. The fourth-order valence-electron chi connectivity index (χ4n) is 3.09. The molecular weight excluding hydrogens is 425 g/mol. The Labute approximate surface area is 191 Å². The van der Waals surface area contributed by atoms with Gasteiger partial charge in [-0.2, -0.15) is 0 Å². The molecule has 0 aromatic heterocycles. The van der Waals surface area contributed by atoms with E-state index in [1.165, 1.54) is 25.1 Å². The smallest absolute Gasteiger partial charge is 0.342 e. The number of Topliss-reactive ketones (excluding diaryl/α,β-unsaturated/α-hetero) is 1. The number of rotatable bonds is 10. The molecule has 0 heterocycles. The first kappa shape index (κ1) is 23.7. The van der Waals surface area contributed by atoms with Gasteiger partial charge in [0.15, 0.2) is 12.4 Å². The van der Waals surface area contributed by atoms with Crippen molar-refractivity contribution in [2.75, 3.05) is 6.61 Å². The van der Waals surface area contributed by atoms with Crippen LogP contribution in [-0.4, -0.2) is 30.3 Å². The maximum atomic E-state index is 13.0. The van der Waals surface area contributed by atoms with Crippen molar-refractivity contribution in [2.45, 2.75) is 26.0 Å². The van der Waals surface area contributed by atoms with Crippen LogP contribution in [0.2, 0.25) is 0 Å². The zero-order chi connectivity index (χ0) is 23.6. The highest BCUT2D eigenvalue weighted by Crippen LogP contribution is 2.20. The van der Waals surface area contributed by atoms with Crippen LogP contribution in [0.4, 0.5) is 4.39 Å². The summed E-state index contributed by atoms with van der Waals surface area (Å²) >= 11 is 0. The maximum Gasteiger partial charge on any atom is 0.342 e. The molecule has 3 rings (SSSR count). The Balaban J connectivity index is 1.55. The lowest BCUT2D eigenvalue weighted by atomic mass is 10.0. The molecule has 1 N–H and O–H groups in total. The average Bonchev–Trinajstić information content (AvgIpc) is 2.82. The molecule has 0 aliphatic rings. The Kier molecular flexibility index (Phi) is 8.30. The summed E-state index contributed by atoms with van der Waals surface area (Å²) in [6, 6.07) is 20.9. The molecule has 1 amide bonds. The molecule has 0 spiro atoms. The molecule has 170 valence electrons. The van der Waals surface area contributed by atoms with E-state index in [4.69, 9.17) is 9.47 Å². The number of carbonyl (C=O) groups is 3. The number of amides is 1. The van der Waals surface area contributed by atoms with Gasteiger partial charge in [-0.3, -0.25) is 9.59 Å². The molecule has 0 radical (unpaired) electrons. The third-order valence-corrected chi connectivity index (χ3v) is 4.86. The van der Waals surface area contributed by atoms with Crippen LogP contribution in [-0.2, 0) is 27.4 Å². The highest BCUT2D eigenvalue weighted by Gasteiger charge is 2.20. The van der Waals surface area contributed by atoms with Gasteiger partial charge in [-0.05, 0) is 48.7 Å². The third kappa shape index (κ3) is 7.28. The zero-order valence-electron chi connectivity index (χ0n) is 18.1. The van der Waals surface area contributed by atoms with Crippen molar-refractivity contribution in [3.05, 3.63) is 101 Å². The number of hydrogen-bond donors (Lipinski definition) is 1. The monoisotopic (exact) mass is 449 g/mol. The van der Waals surface area contributed by atoms with Crippen molar-refractivity contribution in [2.24, 2.45) is 0 Å². The highest BCUT2D eigenvalue weighted by molar-refractivity contribution is 5.94. The van der Waals surface area contributed by atoms with E-state index in [-0.39, 0.29) is 29.5 Å². The van der Waals surface area contributed by atoms with Gasteiger partial charge in [0.2, 0.25) is 0 Å². The molecule has 0 aliphatic heterocycles. The standard InChI is InChI=1S/C26H24FNO5/c1-18(29)23(15-19-7-3-2-4-8-19)28-25(30)17-33-26(31)22-9-5-6-10-24(22)32-16-20-11-13-21(27)14-12-20/h2-14,23H,15-17H2,1H3,(H,28,30). The average molecular weight is 449 g/mol. The Morgan fingerprint density at radius 2 is 1.55 bits per heavy atom. The van der Waals surface area contributed by atoms with E-state index in [2.05, 4.69) is 5.32 Å². The van der Waals surface area contributed by atoms with Gasteiger partial charge in [-0.25, -0.2) is 9.18 Å². The number of esters is 1. The van der Waals surface area contributed by atoms with Gasteiger partial charge in [0.1, 0.15) is 23.7 Å². The first-order valence-corrected chi connectivity index (χ1v) is 10.4. The number of carbonyl (C=O) groups excluding carboxylic acids is 3. The third-order valence-electron chi connectivity index (χ3n) is 4.86. The summed E-state index contributed by atoms with van der Waals surface area (Å²) in [6.07, 6.45) is 0.343. The van der Waals surface area contributed by atoms with E-state index >= 15 is 0 Å². The van der Waals surface area contributed by atoms with Crippen molar-refractivity contribution >= 4 is 17.7 Å². The summed E-state index contributed by atoms with van der Waals surface area (Å²) in [5.41, 5.74) is 1.79. The molecular formula is C26H24FNO5. The van der Waals surface area contributed by atoms with Gasteiger partial charge in [0.05, 0.1) is 6.04 Å². The van der Waals surface area contributed by atoms with Crippen molar-refractivity contribution in [3.8, 4) is 5.75 Å². The van der Waals surface area contributed by atoms with Crippen LogP contribution in [0.15, 0.2) is 78.9 Å². The van der Waals surface area contributed by atoms with Crippen LogP contribution in [0, 0.1) is 5.82 Å². The maximum absolute atomic E-state index is 13.0. The van der Waals surface area contributed by atoms with E-state index in [0.717, 1.165) is 11.1 Å². The van der Waals surface area contributed by atoms with Crippen molar-refractivity contribution in [1.29, 1.82) is 0 Å². The number of hydrogen-bond acceptors (Lipinski definition) is 5. The zero-order valence-corrected chi connectivity index (χ0v) is 18.1. The molecule has 0 fully saturated rings. The summed E-state index contributed by atoms with van der Waals surface area (Å²) in [5.74, 6) is -1.58. The molecule has 0 aliphatic carbocycles. The first-order chi connectivity index (χ1) is 15.9. The minimum absolute atomic E-state index is 0.130. The Morgan fingerprint density at radius 3 is 2.24 bits per heavy atom. The summed E-state index contributed by atoms with van der Waals surface area (Å²) in [7, 11) is 0. The van der Waals surface area contributed by atoms with Crippen LogP contribution < -0.4 is 10.1 Å². The molecule has 0 saturated heterocycles. The number of para-hydroxylation sites is 1. The SMILES string of the molecule is CC(=O)C(Cc1ccccc1)NC(=O)COC(=O)c1ccccc1OCc1ccc(F)cc1. The second kappa shape index (κ2) is 11.6. The van der Waals surface area contributed by atoms with Gasteiger partial charge >= 0.3 is 5.97 Å². The summed E-state index contributed by atoms with van der Waals surface area (Å²) in [5, 5.41) is 2.61. The first-order valence-electron chi connectivity index (χ1n) is 10.4. The van der Waals surface area contributed by atoms with Crippen molar-refractivity contribution < 1.29 is 28.2 Å². The molecule has 6 nitrogen and oxygen atoms in total. The quantitative estimate of drug-likeness (QED) is 0.475. The molecule has 3 aromatic carbocycles. The van der Waals surface area contributed by atoms with Gasteiger partial charge in [0.25, 0.3) is 5.91 Å². The predicted molar refractivity (Wildman–Crippen MR) is 120 cm³/mol. The minimum atomic E-state index is -0.734. The van der Waals surface area contributed by atoms with E-state index in [1.807, 2.05) is 30.3 Å². The molecule has 1 atom stereocenters. The van der Waals surface area contributed by atoms with E-state index in [9.17, 15) is 18.8 Å². The lowest BCUT2D eigenvalue weighted by Crippen LogP contribution is -2.43. The van der Waals surface area contributed by atoms with Gasteiger partial charge < -0.3 is 14.8 Å². The highest BCUT2D eigenvalue weighted by atomic mass is 19.1.